The summed E-state index contributed by atoms with van der Waals surface area (Å²) in [6.45, 7) is 0. The van der Waals surface area contributed by atoms with Gasteiger partial charge in [-0.2, -0.15) is 0 Å². The summed E-state index contributed by atoms with van der Waals surface area (Å²) in [5.74, 6) is 0. The first-order valence-corrected chi connectivity index (χ1v) is 6.05. The van der Waals surface area contributed by atoms with Crippen molar-refractivity contribution in [1.82, 2.24) is 9.97 Å². The van der Waals surface area contributed by atoms with E-state index in [1.165, 1.54) is 10.8 Å². The van der Waals surface area contributed by atoms with Crippen LogP contribution in [0.1, 0.15) is 7.43 Å². The molecule has 0 bridgehead atoms. The Hall–Kier alpha value is -0.870. The molecule has 82 valence electrons. The van der Waals surface area contributed by atoms with Crippen molar-refractivity contribution in [2.75, 3.05) is 0 Å². The minimum atomic E-state index is 0. The lowest BCUT2D eigenvalue weighted by Crippen LogP contribution is -1.71. The maximum Gasteiger partial charge on any atom is 0.0651 e. The molecular formula is C12H10Br2N2. The van der Waals surface area contributed by atoms with Gasteiger partial charge < -0.3 is 4.98 Å². The predicted octanol–water partition coefficient (Wildman–Crippen LogP) is 4.88. The number of aromatic nitrogens is 2. The standard InChI is InChI=1S/C11H6Br2N2.CH4/c12-6-3-8-7-1-2-14-5-10(7)15-11(8)9(13)4-6;/h1-5,15H;1H4. The number of pyridine rings is 1. The Morgan fingerprint density at radius 1 is 1.12 bits per heavy atom. The molecule has 0 aliphatic heterocycles. The molecule has 0 saturated heterocycles. The topological polar surface area (TPSA) is 28.7 Å². The van der Waals surface area contributed by atoms with Gasteiger partial charge in [-0.15, -0.1) is 0 Å². The van der Waals surface area contributed by atoms with Gasteiger partial charge in [-0.3, -0.25) is 4.98 Å². The average molecular weight is 342 g/mol. The number of hydrogen-bond donors (Lipinski definition) is 1. The van der Waals surface area contributed by atoms with Crippen LogP contribution in [0.2, 0.25) is 0 Å². The molecule has 16 heavy (non-hydrogen) atoms. The van der Waals surface area contributed by atoms with E-state index in [0.29, 0.717) is 0 Å². The van der Waals surface area contributed by atoms with E-state index in [4.69, 9.17) is 0 Å². The summed E-state index contributed by atoms with van der Waals surface area (Å²) in [4.78, 5) is 7.45. The number of nitrogens with zero attached hydrogens (tertiary/aromatic N) is 1. The minimum Gasteiger partial charge on any atom is -0.352 e. The van der Waals surface area contributed by atoms with Crippen molar-refractivity contribution in [2.24, 2.45) is 0 Å². The smallest absolute Gasteiger partial charge is 0.0651 e. The molecule has 1 aromatic carbocycles. The molecule has 4 heteroatoms. The normalized spacial score (nSPS) is 10.6. The lowest BCUT2D eigenvalue weighted by atomic mass is 10.2. The van der Waals surface area contributed by atoms with Gasteiger partial charge in [0, 0.05) is 25.9 Å². The summed E-state index contributed by atoms with van der Waals surface area (Å²) in [5.41, 5.74) is 2.17. The highest BCUT2D eigenvalue weighted by Gasteiger charge is 2.07. The number of rotatable bonds is 0. The van der Waals surface area contributed by atoms with Gasteiger partial charge >= 0.3 is 0 Å². The summed E-state index contributed by atoms with van der Waals surface area (Å²) >= 11 is 7.04. The molecule has 3 rings (SSSR count). The van der Waals surface area contributed by atoms with E-state index < -0.39 is 0 Å². The number of hydrogen-bond acceptors (Lipinski definition) is 1. The van der Waals surface area contributed by atoms with Crippen molar-refractivity contribution in [3.63, 3.8) is 0 Å². The van der Waals surface area contributed by atoms with E-state index in [1.54, 1.807) is 0 Å². The van der Waals surface area contributed by atoms with Gasteiger partial charge in [0.25, 0.3) is 0 Å². The van der Waals surface area contributed by atoms with Crippen LogP contribution in [0.5, 0.6) is 0 Å². The molecule has 0 radical (unpaired) electrons. The van der Waals surface area contributed by atoms with Gasteiger partial charge in [0.2, 0.25) is 0 Å². The highest BCUT2D eigenvalue weighted by atomic mass is 79.9. The van der Waals surface area contributed by atoms with Crippen molar-refractivity contribution < 1.29 is 0 Å². The molecular weight excluding hydrogens is 332 g/mol. The lowest BCUT2D eigenvalue weighted by Gasteiger charge is -1.95. The van der Waals surface area contributed by atoms with Gasteiger partial charge in [0.15, 0.2) is 0 Å². The molecule has 0 fully saturated rings. The Labute approximate surface area is 110 Å². The van der Waals surface area contributed by atoms with E-state index in [2.05, 4.69) is 47.9 Å². The molecule has 0 spiro atoms. The Kier molecular flexibility index (Phi) is 3.04. The summed E-state index contributed by atoms with van der Waals surface area (Å²) in [5, 5.41) is 2.40. The fraction of sp³-hybridized carbons (Fsp3) is 0.0833. The number of nitrogens with one attached hydrogen (secondary N) is 1. The first-order chi connectivity index (χ1) is 7.25. The van der Waals surface area contributed by atoms with Crippen molar-refractivity contribution >= 4 is 53.7 Å². The third kappa shape index (κ3) is 1.66. The first-order valence-electron chi connectivity index (χ1n) is 4.46. The maximum absolute atomic E-state index is 4.10. The predicted molar refractivity (Wildman–Crippen MR) is 75.7 cm³/mol. The fourth-order valence-electron chi connectivity index (χ4n) is 1.78. The minimum absolute atomic E-state index is 0. The van der Waals surface area contributed by atoms with Gasteiger partial charge in [-0.25, -0.2) is 0 Å². The van der Waals surface area contributed by atoms with E-state index in [-0.39, 0.29) is 7.43 Å². The van der Waals surface area contributed by atoms with Crippen LogP contribution in [0.15, 0.2) is 39.5 Å². The summed E-state index contributed by atoms with van der Waals surface area (Å²) in [6, 6.07) is 6.16. The van der Waals surface area contributed by atoms with Gasteiger partial charge in [0.1, 0.15) is 0 Å². The quantitative estimate of drug-likeness (QED) is 0.620. The van der Waals surface area contributed by atoms with Crippen molar-refractivity contribution in [3.05, 3.63) is 39.5 Å². The summed E-state index contributed by atoms with van der Waals surface area (Å²) < 4.78 is 2.13. The molecule has 0 saturated carbocycles. The number of aromatic amines is 1. The van der Waals surface area contributed by atoms with E-state index in [9.17, 15) is 0 Å². The second-order valence-corrected chi connectivity index (χ2v) is 5.13. The zero-order valence-electron chi connectivity index (χ0n) is 7.59. The van der Waals surface area contributed by atoms with Crippen molar-refractivity contribution in [3.8, 4) is 0 Å². The zero-order chi connectivity index (χ0) is 10.4. The number of H-pyrrole nitrogens is 1. The van der Waals surface area contributed by atoms with E-state index >= 15 is 0 Å². The molecule has 0 unspecified atom stereocenters. The molecule has 0 amide bonds. The third-order valence-electron chi connectivity index (χ3n) is 2.43. The summed E-state index contributed by atoms with van der Waals surface area (Å²) in [6.07, 6.45) is 3.65. The van der Waals surface area contributed by atoms with Crippen molar-refractivity contribution in [2.45, 2.75) is 7.43 Å². The zero-order valence-corrected chi connectivity index (χ0v) is 10.8. The molecule has 0 aliphatic carbocycles. The van der Waals surface area contributed by atoms with Crippen molar-refractivity contribution in [1.29, 1.82) is 0 Å². The van der Waals surface area contributed by atoms with Gasteiger partial charge in [-0.1, -0.05) is 23.4 Å². The van der Waals surface area contributed by atoms with Crippen LogP contribution in [-0.4, -0.2) is 9.97 Å². The van der Waals surface area contributed by atoms with Crippen LogP contribution in [0.3, 0.4) is 0 Å². The number of benzene rings is 1. The highest BCUT2D eigenvalue weighted by molar-refractivity contribution is 9.11. The van der Waals surface area contributed by atoms with E-state index in [1.807, 2.05) is 24.5 Å². The average Bonchev–Trinajstić information content (AvgIpc) is 2.57. The number of fused-ring (bicyclic) bond motifs is 3. The largest absolute Gasteiger partial charge is 0.352 e. The second kappa shape index (κ2) is 4.18. The SMILES string of the molecule is Brc1cc(Br)c2[nH]c3cnccc3c2c1.C. The maximum atomic E-state index is 4.10. The van der Waals surface area contributed by atoms with Crippen LogP contribution in [-0.2, 0) is 0 Å². The molecule has 2 heterocycles. The first kappa shape index (κ1) is 11.6. The lowest BCUT2D eigenvalue weighted by molar-refractivity contribution is 1.35. The third-order valence-corrected chi connectivity index (χ3v) is 3.51. The Bertz CT molecular complexity index is 658. The monoisotopic (exact) mass is 340 g/mol. The van der Waals surface area contributed by atoms with Crippen LogP contribution < -0.4 is 0 Å². The van der Waals surface area contributed by atoms with Gasteiger partial charge in [-0.05, 0) is 34.1 Å². The van der Waals surface area contributed by atoms with Crippen LogP contribution >= 0.6 is 31.9 Å². The highest BCUT2D eigenvalue weighted by Crippen LogP contribution is 2.32. The number of halogens is 2. The second-order valence-electron chi connectivity index (χ2n) is 3.36. The Morgan fingerprint density at radius 2 is 1.94 bits per heavy atom. The van der Waals surface area contributed by atoms with Gasteiger partial charge in [0.05, 0.1) is 17.2 Å². The molecule has 3 aromatic rings. The van der Waals surface area contributed by atoms with E-state index in [0.717, 1.165) is 20.0 Å². The Morgan fingerprint density at radius 3 is 2.75 bits per heavy atom. The van der Waals surface area contributed by atoms with Crippen LogP contribution in [0, 0.1) is 0 Å². The fourth-order valence-corrected chi connectivity index (χ4v) is 3.10. The van der Waals surface area contributed by atoms with Crippen LogP contribution in [0.4, 0.5) is 0 Å². The van der Waals surface area contributed by atoms with Crippen LogP contribution in [0.25, 0.3) is 21.8 Å². The molecule has 0 atom stereocenters. The molecule has 2 nitrogen and oxygen atoms in total. The molecule has 2 aromatic heterocycles. The molecule has 0 aliphatic rings. The Balaban J connectivity index is 0.000000963. The molecule has 1 N–H and O–H groups in total. The summed E-state index contributed by atoms with van der Waals surface area (Å²) in [7, 11) is 0.